The van der Waals surface area contributed by atoms with Crippen LogP contribution in [0.4, 0.5) is 11.4 Å². The van der Waals surface area contributed by atoms with Crippen molar-refractivity contribution in [3.8, 4) is 0 Å². The van der Waals surface area contributed by atoms with Crippen LogP contribution in [0.2, 0.25) is 0 Å². The van der Waals surface area contributed by atoms with Crippen molar-refractivity contribution in [3.05, 3.63) is 23.8 Å². The van der Waals surface area contributed by atoms with Crippen LogP contribution in [0, 0.1) is 0 Å². The first kappa shape index (κ1) is 13.4. The van der Waals surface area contributed by atoms with Gasteiger partial charge < -0.3 is 16.4 Å². The van der Waals surface area contributed by atoms with E-state index in [0.29, 0.717) is 11.3 Å². The van der Waals surface area contributed by atoms with Gasteiger partial charge in [0.25, 0.3) is 5.91 Å². The normalized spacial score (nSPS) is 11.3. The second kappa shape index (κ2) is 4.65. The van der Waals surface area contributed by atoms with Gasteiger partial charge in [-0.15, -0.1) is 0 Å². The van der Waals surface area contributed by atoms with Gasteiger partial charge in [-0.25, -0.2) is 0 Å². The Bertz CT molecular complexity index is 427. The molecule has 17 heavy (non-hydrogen) atoms. The SMILES string of the molecule is CCC(C)(C)N(C)c1ccc(N)c(C(N)=O)c1. The Kier molecular flexibility index (Phi) is 3.66. The number of amides is 1. The highest BCUT2D eigenvalue weighted by atomic mass is 16.1. The van der Waals surface area contributed by atoms with Crippen LogP contribution in [0.25, 0.3) is 0 Å². The van der Waals surface area contributed by atoms with E-state index in [0.717, 1.165) is 12.1 Å². The number of nitrogens with zero attached hydrogens (tertiary/aromatic N) is 1. The molecular formula is C13H21N3O. The van der Waals surface area contributed by atoms with E-state index in [9.17, 15) is 4.79 Å². The molecule has 0 fully saturated rings. The summed E-state index contributed by atoms with van der Waals surface area (Å²) in [6, 6.07) is 5.37. The number of nitrogen functional groups attached to an aromatic ring is 1. The Balaban J connectivity index is 3.16. The van der Waals surface area contributed by atoms with Crippen molar-refractivity contribution in [2.24, 2.45) is 5.73 Å². The fraction of sp³-hybridized carbons (Fsp3) is 0.462. The topological polar surface area (TPSA) is 72.3 Å². The van der Waals surface area contributed by atoms with Crippen molar-refractivity contribution < 1.29 is 4.79 Å². The highest BCUT2D eigenvalue weighted by molar-refractivity contribution is 5.99. The molecule has 94 valence electrons. The van der Waals surface area contributed by atoms with E-state index in [2.05, 4.69) is 25.7 Å². The van der Waals surface area contributed by atoms with Gasteiger partial charge in [-0.1, -0.05) is 6.92 Å². The van der Waals surface area contributed by atoms with Crippen LogP contribution in [0.15, 0.2) is 18.2 Å². The summed E-state index contributed by atoms with van der Waals surface area (Å²) in [4.78, 5) is 13.4. The minimum Gasteiger partial charge on any atom is -0.398 e. The average molecular weight is 235 g/mol. The fourth-order valence-electron chi connectivity index (χ4n) is 1.55. The molecule has 0 saturated carbocycles. The van der Waals surface area contributed by atoms with Crippen LogP contribution in [0.5, 0.6) is 0 Å². The van der Waals surface area contributed by atoms with Crippen LogP contribution in [0.3, 0.4) is 0 Å². The van der Waals surface area contributed by atoms with Crippen LogP contribution in [-0.4, -0.2) is 18.5 Å². The van der Waals surface area contributed by atoms with Gasteiger partial charge in [-0.05, 0) is 38.5 Å². The molecule has 0 aromatic heterocycles. The average Bonchev–Trinajstić information content (AvgIpc) is 2.28. The van der Waals surface area contributed by atoms with Gasteiger partial charge in [0, 0.05) is 24.0 Å². The number of hydrogen-bond donors (Lipinski definition) is 2. The third kappa shape index (κ3) is 2.70. The fourth-order valence-corrected chi connectivity index (χ4v) is 1.55. The lowest BCUT2D eigenvalue weighted by molar-refractivity contribution is 0.100. The molecule has 0 aliphatic heterocycles. The Hall–Kier alpha value is -1.71. The smallest absolute Gasteiger partial charge is 0.250 e. The van der Waals surface area contributed by atoms with E-state index in [-0.39, 0.29) is 5.54 Å². The highest BCUT2D eigenvalue weighted by Crippen LogP contribution is 2.27. The van der Waals surface area contributed by atoms with Gasteiger partial charge in [-0.3, -0.25) is 4.79 Å². The lowest BCUT2D eigenvalue weighted by Crippen LogP contribution is -2.40. The molecule has 0 aliphatic carbocycles. The molecule has 0 aliphatic rings. The molecule has 1 amide bonds. The number of anilines is 2. The van der Waals surface area contributed by atoms with Gasteiger partial charge in [-0.2, -0.15) is 0 Å². The number of hydrogen-bond acceptors (Lipinski definition) is 3. The molecule has 0 unspecified atom stereocenters. The lowest BCUT2D eigenvalue weighted by atomic mass is 9.98. The molecule has 0 bridgehead atoms. The van der Waals surface area contributed by atoms with Crippen LogP contribution >= 0.6 is 0 Å². The maximum Gasteiger partial charge on any atom is 0.250 e. The quantitative estimate of drug-likeness (QED) is 0.784. The van der Waals surface area contributed by atoms with Gasteiger partial charge in [0.15, 0.2) is 0 Å². The summed E-state index contributed by atoms with van der Waals surface area (Å²) in [6.45, 7) is 6.42. The molecule has 1 aromatic carbocycles. The van der Waals surface area contributed by atoms with Crippen LogP contribution in [0.1, 0.15) is 37.6 Å². The van der Waals surface area contributed by atoms with Gasteiger partial charge in [0.2, 0.25) is 0 Å². The first-order chi connectivity index (χ1) is 7.79. The maximum absolute atomic E-state index is 11.2. The summed E-state index contributed by atoms with van der Waals surface area (Å²) in [6.07, 6.45) is 1.000. The number of benzene rings is 1. The molecule has 0 radical (unpaired) electrons. The van der Waals surface area contributed by atoms with Crippen LogP contribution < -0.4 is 16.4 Å². The Morgan fingerprint density at radius 1 is 1.41 bits per heavy atom. The van der Waals surface area contributed by atoms with Crippen molar-refractivity contribution >= 4 is 17.3 Å². The number of carbonyl (C=O) groups excluding carboxylic acids is 1. The summed E-state index contributed by atoms with van der Waals surface area (Å²) < 4.78 is 0. The molecule has 1 aromatic rings. The second-order valence-electron chi connectivity index (χ2n) is 4.86. The van der Waals surface area contributed by atoms with Gasteiger partial charge in [0.1, 0.15) is 0 Å². The lowest BCUT2D eigenvalue weighted by Gasteiger charge is -2.37. The number of nitrogens with two attached hydrogens (primary N) is 2. The van der Waals surface area contributed by atoms with E-state index in [1.54, 1.807) is 12.1 Å². The monoisotopic (exact) mass is 235 g/mol. The second-order valence-corrected chi connectivity index (χ2v) is 4.86. The molecule has 1 rings (SSSR count). The zero-order chi connectivity index (χ0) is 13.2. The van der Waals surface area contributed by atoms with Crippen molar-refractivity contribution in [1.29, 1.82) is 0 Å². The summed E-state index contributed by atoms with van der Waals surface area (Å²) in [5.74, 6) is -0.493. The molecular weight excluding hydrogens is 214 g/mol. The summed E-state index contributed by atoms with van der Waals surface area (Å²) in [5, 5.41) is 0. The Morgan fingerprint density at radius 3 is 2.47 bits per heavy atom. The van der Waals surface area contributed by atoms with Crippen molar-refractivity contribution in [2.45, 2.75) is 32.7 Å². The van der Waals surface area contributed by atoms with Gasteiger partial charge >= 0.3 is 0 Å². The zero-order valence-corrected chi connectivity index (χ0v) is 10.9. The number of rotatable bonds is 4. The molecule has 4 N–H and O–H groups in total. The predicted molar refractivity (Wildman–Crippen MR) is 72.1 cm³/mol. The van der Waals surface area contributed by atoms with E-state index in [1.807, 2.05) is 13.1 Å². The third-order valence-electron chi connectivity index (χ3n) is 3.46. The predicted octanol–water partition coefficient (Wildman–Crippen LogP) is 1.99. The minimum atomic E-state index is -0.493. The van der Waals surface area contributed by atoms with E-state index in [4.69, 9.17) is 11.5 Å². The molecule has 0 spiro atoms. The van der Waals surface area contributed by atoms with E-state index in [1.165, 1.54) is 0 Å². The molecule has 4 heteroatoms. The summed E-state index contributed by atoms with van der Waals surface area (Å²) in [5.41, 5.74) is 12.8. The Morgan fingerprint density at radius 2 is 2.00 bits per heavy atom. The molecule has 0 atom stereocenters. The Labute approximate surface area is 103 Å². The first-order valence-electron chi connectivity index (χ1n) is 5.72. The van der Waals surface area contributed by atoms with Crippen molar-refractivity contribution in [1.82, 2.24) is 0 Å². The van der Waals surface area contributed by atoms with Crippen molar-refractivity contribution in [3.63, 3.8) is 0 Å². The standard InChI is InChI=1S/C13H21N3O/c1-5-13(2,3)16(4)9-6-7-11(14)10(8-9)12(15)17/h6-8H,5,14H2,1-4H3,(H2,15,17). The van der Waals surface area contributed by atoms with Gasteiger partial charge in [0.05, 0.1) is 5.56 Å². The zero-order valence-electron chi connectivity index (χ0n) is 10.9. The molecule has 0 heterocycles. The highest BCUT2D eigenvalue weighted by Gasteiger charge is 2.22. The molecule has 0 saturated heterocycles. The molecule has 4 nitrogen and oxygen atoms in total. The summed E-state index contributed by atoms with van der Waals surface area (Å²) >= 11 is 0. The van der Waals surface area contributed by atoms with Crippen molar-refractivity contribution in [2.75, 3.05) is 17.7 Å². The van der Waals surface area contributed by atoms with E-state index < -0.39 is 5.91 Å². The summed E-state index contributed by atoms with van der Waals surface area (Å²) in [7, 11) is 2.00. The van der Waals surface area contributed by atoms with Crippen LogP contribution in [-0.2, 0) is 0 Å². The number of carbonyl (C=O) groups is 1. The number of primary amides is 1. The minimum absolute atomic E-state index is 0.0189. The third-order valence-corrected chi connectivity index (χ3v) is 3.46. The maximum atomic E-state index is 11.2. The largest absolute Gasteiger partial charge is 0.398 e. The van der Waals surface area contributed by atoms with E-state index >= 15 is 0 Å². The first-order valence-corrected chi connectivity index (χ1v) is 5.72.